The van der Waals surface area contributed by atoms with Crippen molar-refractivity contribution in [1.82, 2.24) is 0 Å². The van der Waals surface area contributed by atoms with Crippen molar-refractivity contribution in [3.05, 3.63) is 0 Å². The molecule has 0 aliphatic heterocycles. The standard InChI is InChI=1S/2C2H4S2.Cu/c2*1-2(3)4;/h2*1H3,(H,3,4);/q;;+2/p-2. The van der Waals surface area contributed by atoms with E-state index in [0.29, 0.717) is 8.39 Å². The van der Waals surface area contributed by atoms with Crippen LogP contribution in [0.1, 0.15) is 13.8 Å². The predicted molar refractivity (Wildman–Crippen MR) is 51.3 cm³/mol. The van der Waals surface area contributed by atoms with Crippen LogP contribution in [0.5, 0.6) is 0 Å². The molecule has 57 valence electrons. The van der Waals surface area contributed by atoms with Crippen molar-refractivity contribution in [2.45, 2.75) is 13.8 Å². The van der Waals surface area contributed by atoms with Crippen molar-refractivity contribution in [3.63, 3.8) is 0 Å². The summed E-state index contributed by atoms with van der Waals surface area (Å²) in [5, 5.41) is 0. The zero-order valence-electron chi connectivity index (χ0n) is 4.93. The maximum atomic E-state index is 4.35. The molecule has 9 heavy (non-hydrogen) atoms. The number of hydrogen-bond acceptors (Lipinski definition) is 4. The average Bonchev–Trinajstić information content (AvgIpc) is 1.25. The van der Waals surface area contributed by atoms with Gasteiger partial charge in [-0.2, -0.15) is 8.39 Å². The number of thiocarbonyl (C=S) groups is 2. The molecular weight excluding hydrogens is 240 g/mol. The van der Waals surface area contributed by atoms with Crippen molar-refractivity contribution in [3.8, 4) is 0 Å². The van der Waals surface area contributed by atoms with E-state index < -0.39 is 0 Å². The molecule has 0 amide bonds. The minimum Gasteiger partial charge on any atom is -0.433 e. The second kappa shape index (κ2) is 11.9. The summed E-state index contributed by atoms with van der Waals surface area (Å²) in [5.41, 5.74) is 0. The Bertz CT molecular complexity index is 70.6. The fraction of sp³-hybridized carbons (Fsp3) is 0.500. The van der Waals surface area contributed by atoms with E-state index in [-0.39, 0.29) is 17.1 Å². The second-order valence-corrected chi connectivity index (χ2v) is 3.95. The molecule has 0 N–H and O–H groups in total. The molecule has 0 nitrogen and oxygen atoms in total. The first-order valence-corrected chi connectivity index (χ1v) is 3.45. The maximum absolute atomic E-state index is 4.35. The van der Waals surface area contributed by atoms with Gasteiger partial charge in [0.05, 0.1) is 0 Å². The molecule has 0 spiro atoms. The summed E-state index contributed by atoms with van der Waals surface area (Å²) < 4.78 is 1.17. The third kappa shape index (κ3) is 359. The Labute approximate surface area is 88.5 Å². The van der Waals surface area contributed by atoms with Crippen LogP contribution in [0, 0.1) is 0 Å². The zero-order valence-corrected chi connectivity index (χ0v) is 9.14. The van der Waals surface area contributed by atoms with Gasteiger partial charge < -0.3 is 49.7 Å². The van der Waals surface area contributed by atoms with Crippen LogP contribution in [0.2, 0.25) is 0 Å². The average molecular weight is 246 g/mol. The largest absolute Gasteiger partial charge is 2.00 e. The van der Waals surface area contributed by atoms with Crippen molar-refractivity contribution in [1.29, 1.82) is 0 Å². The van der Waals surface area contributed by atoms with E-state index in [1.54, 1.807) is 13.8 Å². The van der Waals surface area contributed by atoms with Crippen LogP contribution in [0.15, 0.2) is 0 Å². The smallest absolute Gasteiger partial charge is 0.433 e. The summed E-state index contributed by atoms with van der Waals surface area (Å²) in [7, 11) is 0. The Morgan fingerprint density at radius 3 is 1.00 bits per heavy atom. The van der Waals surface area contributed by atoms with Gasteiger partial charge in [-0.3, -0.25) is 0 Å². The SMILES string of the molecule is CC(=S)[S-].CC(=S)[S-].[Cu+2]. The van der Waals surface area contributed by atoms with Crippen LogP contribution < -0.4 is 0 Å². The van der Waals surface area contributed by atoms with E-state index in [0.717, 1.165) is 0 Å². The first-order valence-electron chi connectivity index (χ1n) is 1.82. The number of hydrogen-bond donors (Lipinski definition) is 0. The van der Waals surface area contributed by atoms with Crippen molar-refractivity contribution >= 4 is 58.1 Å². The Hall–Kier alpha value is 1.14. The summed E-state index contributed by atoms with van der Waals surface area (Å²) in [6.45, 7) is 3.43. The molecule has 0 aliphatic rings. The van der Waals surface area contributed by atoms with E-state index in [1.807, 2.05) is 0 Å². The van der Waals surface area contributed by atoms with Gasteiger partial charge in [-0.25, -0.2) is 0 Å². The molecule has 0 bridgehead atoms. The molecule has 0 saturated heterocycles. The molecule has 0 aliphatic carbocycles. The van der Waals surface area contributed by atoms with E-state index >= 15 is 0 Å². The van der Waals surface area contributed by atoms with Gasteiger partial charge in [-0.15, -0.1) is 0 Å². The molecule has 1 radical (unpaired) electrons. The molecule has 5 heteroatoms. The van der Waals surface area contributed by atoms with E-state index in [4.69, 9.17) is 0 Å². The second-order valence-electron chi connectivity index (χ2n) is 0.983. The fourth-order valence-electron chi connectivity index (χ4n) is 0. The summed E-state index contributed by atoms with van der Waals surface area (Å²) in [5.74, 6) is 0. The van der Waals surface area contributed by atoms with Gasteiger partial charge in [0.1, 0.15) is 0 Å². The van der Waals surface area contributed by atoms with Crippen molar-refractivity contribution in [2.75, 3.05) is 0 Å². The van der Waals surface area contributed by atoms with Gasteiger partial charge >= 0.3 is 17.1 Å². The van der Waals surface area contributed by atoms with Gasteiger partial charge in [0, 0.05) is 0 Å². The summed E-state index contributed by atoms with van der Waals surface area (Å²) in [6, 6.07) is 0. The van der Waals surface area contributed by atoms with Crippen molar-refractivity contribution < 1.29 is 17.1 Å². The minimum atomic E-state index is 0. The monoisotopic (exact) mass is 245 g/mol. The molecule has 0 saturated carbocycles. The third-order valence-electron chi connectivity index (χ3n) is 0. The van der Waals surface area contributed by atoms with E-state index in [2.05, 4.69) is 49.7 Å². The summed E-state index contributed by atoms with van der Waals surface area (Å²) in [4.78, 5) is 0. The maximum Gasteiger partial charge on any atom is 2.00 e. The Morgan fingerprint density at radius 2 is 1.00 bits per heavy atom. The van der Waals surface area contributed by atoms with Gasteiger partial charge in [0.15, 0.2) is 0 Å². The van der Waals surface area contributed by atoms with Gasteiger partial charge in [-0.05, 0) is 0 Å². The molecule has 0 heterocycles. The molecule has 0 aromatic rings. The van der Waals surface area contributed by atoms with E-state index in [9.17, 15) is 0 Å². The van der Waals surface area contributed by atoms with Crippen molar-refractivity contribution in [2.24, 2.45) is 0 Å². The number of rotatable bonds is 0. The topological polar surface area (TPSA) is 0 Å². The summed E-state index contributed by atoms with van der Waals surface area (Å²) in [6.07, 6.45) is 0. The predicted octanol–water partition coefficient (Wildman–Crippen LogP) is 1.76. The molecular formula is C4H6CuS4. The first-order chi connectivity index (χ1) is 3.46. The minimum absolute atomic E-state index is 0. The molecule has 0 atom stereocenters. The van der Waals surface area contributed by atoms with Crippen LogP contribution in [-0.4, -0.2) is 8.39 Å². The van der Waals surface area contributed by atoms with Gasteiger partial charge in [0.2, 0.25) is 0 Å². The van der Waals surface area contributed by atoms with E-state index in [1.165, 1.54) is 0 Å². The molecule has 0 rings (SSSR count). The fourth-order valence-corrected chi connectivity index (χ4v) is 0. The van der Waals surface area contributed by atoms with Crippen LogP contribution in [-0.2, 0) is 42.3 Å². The van der Waals surface area contributed by atoms with Crippen LogP contribution >= 0.6 is 24.4 Å². The first kappa shape index (κ1) is 16.6. The van der Waals surface area contributed by atoms with Gasteiger partial charge in [0.25, 0.3) is 0 Å². The molecule has 0 fully saturated rings. The molecule has 0 aromatic carbocycles. The van der Waals surface area contributed by atoms with Crippen LogP contribution in [0.25, 0.3) is 0 Å². The Balaban J connectivity index is -0.0000000720. The van der Waals surface area contributed by atoms with Crippen LogP contribution in [0.3, 0.4) is 0 Å². The third-order valence-corrected chi connectivity index (χ3v) is 0. The van der Waals surface area contributed by atoms with Crippen LogP contribution in [0.4, 0.5) is 0 Å². The molecule has 0 aromatic heterocycles. The Morgan fingerprint density at radius 1 is 1.00 bits per heavy atom. The summed E-state index contributed by atoms with van der Waals surface area (Å²) >= 11 is 17.4. The van der Waals surface area contributed by atoms with Gasteiger partial charge in [-0.1, -0.05) is 13.8 Å². The normalized spacial score (nSPS) is 5.56. The zero-order chi connectivity index (χ0) is 7.15. The Kier molecular flexibility index (Phi) is 21.9. The quantitative estimate of drug-likeness (QED) is 0.362. The molecule has 0 unspecified atom stereocenters.